The van der Waals surface area contributed by atoms with Crippen molar-refractivity contribution in [3.05, 3.63) is 59.9 Å². The van der Waals surface area contributed by atoms with Crippen LogP contribution in [0.3, 0.4) is 0 Å². The minimum atomic E-state index is 0.378. The van der Waals surface area contributed by atoms with Gasteiger partial charge in [0.05, 0.1) is 0 Å². The molecule has 0 spiro atoms. The van der Waals surface area contributed by atoms with Gasteiger partial charge in [-0.2, -0.15) is 0 Å². The summed E-state index contributed by atoms with van der Waals surface area (Å²) in [4.78, 5) is 14.8. The van der Waals surface area contributed by atoms with Crippen molar-refractivity contribution in [2.45, 2.75) is 19.3 Å². The largest absolute Gasteiger partial charge is 0.303 e. The first kappa shape index (κ1) is 11.8. The summed E-state index contributed by atoms with van der Waals surface area (Å²) in [7, 11) is 0. The summed E-state index contributed by atoms with van der Waals surface area (Å²) in [6, 6.07) is 8.39. The molecule has 0 atom stereocenters. The third-order valence-corrected chi connectivity index (χ3v) is 3.40. The van der Waals surface area contributed by atoms with E-state index >= 15 is 0 Å². The van der Waals surface area contributed by atoms with Crippen LogP contribution in [0.25, 0.3) is 16.3 Å². The van der Waals surface area contributed by atoms with E-state index in [4.69, 9.17) is 0 Å². The molecule has 1 heterocycles. The average molecular weight is 249 g/mol. The molecule has 94 valence electrons. The Balaban J connectivity index is 2.05. The Kier molecular flexibility index (Phi) is 3.23. The number of benzene rings is 1. The first-order valence-corrected chi connectivity index (χ1v) is 6.56. The molecule has 0 unspecified atom stereocenters. The fourth-order valence-corrected chi connectivity index (χ4v) is 2.39. The van der Waals surface area contributed by atoms with Crippen LogP contribution in [0.2, 0.25) is 0 Å². The number of aldehydes is 1. The van der Waals surface area contributed by atoms with Crippen molar-refractivity contribution >= 4 is 22.6 Å². The molecule has 2 aromatic rings. The molecule has 0 aliphatic heterocycles. The van der Waals surface area contributed by atoms with Crippen molar-refractivity contribution in [3.8, 4) is 0 Å². The highest BCUT2D eigenvalue weighted by Crippen LogP contribution is 2.25. The normalized spacial score (nSPS) is 14.4. The Labute approximate surface area is 112 Å². The van der Waals surface area contributed by atoms with Crippen molar-refractivity contribution in [1.82, 2.24) is 4.98 Å². The molecule has 1 aromatic carbocycles. The molecule has 0 bridgehead atoms. The Hall–Kier alpha value is -2.22. The van der Waals surface area contributed by atoms with Gasteiger partial charge >= 0.3 is 0 Å². The van der Waals surface area contributed by atoms with E-state index in [9.17, 15) is 4.79 Å². The summed E-state index contributed by atoms with van der Waals surface area (Å²) in [5.41, 5.74) is 3.33. The van der Waals surface area contributed by atoms with Crippen LogP contribution in [0.1, 0.15) is 24.1 Å². The Morgan fingerprint density at radius 2 is 2.11 bits per heavy atom. The molecule has 0 N–H and O–H groups in total. The predicted octanol–water partition coefficient (Wildman–Crippen LogP) is 3.71. The summed E-state index contributed by atoms with van der Waals surface area (Å²) in [5.74, 6) is 0. The van der Waals surface area contributed by atoms with E-state index in [1.54, 1.807) is 0 Å². The highest BCUT2D eigenvalue weighted by molar-refractivity contribution is 5.88. The van der Waals surface area contributed by atoms with Crippen LogP contribution in [-0.2, 0) is 11.2 Å². The lowest BCUT2D eigenvalue weighted by atomic mass is 9.97. The van der Waals surface area contributed by atoms with Gasteiger partial charge in [0.15, 0.2) is 0 Å². The molecule has 1 aliphatic rings. The van der Waals surface area contributed by atoms with Gasteiger partial charge in [-0.15, -0.1) is 0 Å². The topological polar surface area (TPSA) is 30.0 Å². The predicted molar refractivity (Wildman–Crippen MR) is 77.9 cm³/mol. The van der Waals surface area contributed by atoms with Gasteiger partial charge in [0.1, 0.15) is 6.29 Å². The number of pyridine rings is 1. The van der Waals surface area contributed by atoms with Gasteiger partial charge in [-0.3, -0.25) is 4.98 Å². The van der Waals surface area contributed by atoms with Gasteiger partial charge in [0.2, 0.25) is 0 Å². The molecule has 0 radical (unpaired) electrons. The molecule has 3 rings (SSSR count). The summed E-state index contributed by atoms with van der Waals surface area (Å²) in [5, 5.41) is 2.25. The average Bonchev–Trinajstić information content (AvgIpc) is 2.48. The zero-order chi connectivity index (χ0) is 13.1. The summed E-state index contributed by atoms with van der Waals surface area (Å²) in [6.45, 7) is 0. The van der Waals surface area contributed by atoms with E-state index in [0.29, 0.717) is 6.42 Å². The first-order valence-electron chi connectivity index (χ1n) is 6.56. The molecule has 0 amide bonds. The second-order valence-corrected chi connectivity index (χ2v) is 4.75. The van der Waals surface area contributed by atoms with Crippen LogP contribution in [-0.4, -0.2) is 11.3 Å². The lowest BCUT2D eigenvalue weighted by molar-refractivity contribution is -0.107. The molecular formula is C17H15NO. The molecule has 0 fully saturated rings. The lowest BCUT2D eigenvalue weighted by Crippen LogP contribution is -1.91. The van der Waals surface area contributed by atoms with Crippen LogP contribution in [0.15, 0.2) is 48.7 Å². The van der Waals surface area contributed by atoms with Gasteiger partial charge in [0, 0.05) is 23.7 Å². The van der Waals surface area contributed by atoms with E-state index in [2.05, 4.69) is 41.4 Å². The quantitative estimate of drug-likeness (QED) is 0.776. The van der Waals surface area contributed by atoms with Crippen molar-refractivity contribution in [1.29, 1.82) is 0 Å². The van der Waals surface area contributed by atoms with E-state index < -0.39 is 0 Å². The van der Waals surface area contributed by atoms with Gasteiger partial charge in [-0.1, -0.05) is 30.4 Å². The molecule has 1 aromatic heterocycles. The van der Waals surface area contributed by atoms with Gasteiger partial charge < -0.3 is 4.79 Å². The molecule has 0 saturated carbocycles. The third kappa shape index (κ3) is 2.48. The van der Waals surface area contributed by atoms with Crippen molar-refractivity contribution in [2.24, 2.45) is 0 Å². The zero-order valence-corrected chi connectivity index (χ0v) is 10.7. The number of allylic oxidation sites excluding steroid dienone is 4. The fraction of sp³-hybridized carbons (Fsp3) is 0.176. The molecule has 2 nitrogen and oxygen atoms in total. The number of hydrogen-bond acceptors (Lipinski definition) is 2. The number of fused-ring (bicyclic) bond motifs is 1. The Bertz CT molecular complexity index is 683. The highest BCUT2D eigenvalue weighted by atomic mass is 16.1. The second kappa shape index (κ2) is 5.19. The Morgan fingerprint density at radius 1 is 1.16 bits per heavy atom. The van der Waals surface area contributed by atoms with Gasteiger partial charge in [-0.25, -0.2) is 0 Å². The standard InChI is InChI=1S/C17H15NO/c19-9-8-17-11-16-10-14(6-7-15(16)12-18-17)13-4-2-1-3-5-13/h2,4-7,9-12H,1,3,8H2. The van der Waals surface area contributed by atoms with Crippen molar-refractivity contribution in [2.75, 3.05) is 0 Å². The number of nitrogens with zero attached hydrogens (tertiary/aromatic N) is 1. The zero-order valence-electron chi connectivity index (χ0n) is 10.7. The van der Waals surface area contributed by atoms with Crippen molar-refractivity contribution in [3.63, 3.8) is 0 Å². The summed E-state index contributed by atoms with van der Waals surface area (Å²) in [6.07, 6.45) is 12.0. The minimum Gasteiger partial charge on any atom is -0.303 e. The minimum absolute atomic E-state index is 0.378. The smallest absolute Gasteiger partial charge is 0.125 e. The molecule has 19 heavy (non-hydrogen) atoms. The van der Waals surface area contributed by atoms with Crippen LogP contribution >= 0.6 is 0 Å². The summed E-state index contributed by atoms with van der Waals surface area (Å²) >= 11 is 0. The van der Waals surface area contributed by atoms with E-state index in [1.165, 1.54) is 11.1 Å². The monoisotopic (exact) mass is 249 g/mol. The second-order valence-electron chi connectivity index (χ2n) is 4.75. The Morgan fingerprint density at radius 3 is 2.89 bits per heavy atom. The fourth-order valence-electron chi connectivity index (χ4n) is 2.39. The summed E-state index contributed by atoms with van der Waals surface area (Å²) < 4.78 is 0. The molecule has 1 aliphatic carbocycles. The SMILES string of the molecule is O=CCc1cc2cc(C3=CCCC=C3)ccc2cn1. The van der Waals surface area contributed by atoms with Crippen LogP contribution < -0.4 is 0 Å². The number of rotatable bonds is 3. The van der Waals surface area contributed by atoms with Crippen LogP contribution in [0.4, 0.5) is 0 Å². The maximum Gasteiger partial charge on any atom is 0.125 e. The van der Waals surface area contributed by atoms with E-state index in [-0.39, 0.29) is 0 Å². The van der Waals surface area contributed by atoms with Crippen molar-refractivity contribution < 1.29 is 4.79 Å². The van der Waals surface area contributed by atoms with E-state index in [0.717, 1.165) is 35.6 Å². The molecular weight excluding hydrogens is 234 g/mol. The van der Waals surface area contributed by atoms with Gasteiger partial charge in [-0.05, 0) is 41.5 Å². The maximum absolute atomic E-state index is 10.6. The van der Waals surface area contributed by atoms with E-state index in [1.807, 2.05) is 12.3 Å². The third-order valence-electron chi connectivity index (χ3n) is 3.40. The number of carbonyl (C=O) groups excluding carboxylic acids is 1. The number of carbonyl (C=O) groups is 1. The first-order chi connectivity index (χ1) is 9.36. The lowest BCUT2D eigenvalue weighted by Gasteiger charge is -2.08. The highest BCUT2D eigenvalue weighted by Gasteiger charge is 2.04. The molecule has 2 heteroatoms. The molecule has 0 saturated heterocycles. The van der Waals surface area contributed by atoms with Gasteiger partial charge in [0.25, 0.3) is 0 Å². The van der Waals surface area contributed by atoms with Crippen LogP contribution in [0.5, 0.6) is 0 Å². The number of aromatic nitrogens is 1. The van der Waals surface area contributed by atoms with Crippen LogP contribution in [0, 0.1) is 0 Å². The number of hydrogen-bond donors (Lipinski definition) is 0. The maximum atomic E-state index is 10.6.